The second kappa shape index (κ2) is 5.28. The first-order valence-electron chi connectivity index (χ1n) is 6.28. The Morgan fingerprint density at radius 3 is 2.80 bits per heavy atom. The van der Waals surface area contributed by atoms with Crippen molar-refractivity contribution in [1.82, 2.24) is 4.90 Å². The van der Waals surface area contributed by atoms with E-state index in [4.69, 9.17) is 10.5 Å². The Morgan fingerprint density at radius 2 is 2.20 bits per heavy atom. The molecule has 2 N–H and O–H groups in total. The zero-order chi connectivity index (χ0) is 10.7. The van der Waals surface area contributed by atoms with Gasteiger partial charge in [-0.15, -0.1) is 0 Å². The Hall–Kier alpha value is -0.120. The van der Waals surface area contributed by atoms with Crippen LogP contribution >= 0.6 is 0 Å². The van der Waals surface area contributed by atoms with E-state index in [1.165, 1.54) is 38.8 Å². The molecule has 1 saturated carbocycles. The maximum atomic E-state index is 5.77. The number of nitrogens with zero attached hydrogens (tertiary/aromatic N) is 1. The van der Waals surface area contributed by atoms with Gasteiger partial charge in [-0.25, -0.2) is 0 Å². The quantitative estimate of drug-likeness (QED) is 0.741. The molecular weight excluding hydrogens is 188 g/mol. The molecule has 0 aromatic rings. The van der Waals surface area contributed by atoms with E-state index in [0.29, 0.717) is 6.04 Å². The topological polar surface area (TPSA) is 38.5 Å². The van der Waals surface area contributed by atoms with Crippen LogP contribution in [0.15, 0.2) is 0 Å². The van der Waals surface area contributed by atoms with Crippen molar-refractivity contribution in [1.29, 1.82) is 0 Å². The van der Waals surface area contributed by atoms with Gasteiger partial charge in [-0.3, -0.25) is 4.90 Å². The molecule has 1 aliphatic heterocycles. The fourth-order valence-electron chi connectivity index (χ4n) is 2.78. The zero-order valence-electron chi connectivity index (χ0n) is 9.82. The molecule has 2 unspecified atom stereocenters. The molecule has 0 spiro atoms. The molecular formula is C12H24N2O. The molecule has 0 amide bonds. The van der Waals surface area contributed by atoms with Gasteiger partial charge in [0.25, 0.3) is 0 Å². The van der Waals surface area contributed by atoms with Gasteiger partial charge in [0, 0.05) is 19.7 Å². The van der Waals surface area contributed by atoms with Crippen LogP contribution < -0.4 is 5.73 Å². The summed E-state index contributed by atoms with van der Waals surface area (Å²) in [5.41, 5.74) is 5.77. The first-order chi connectivity index (χ1) is 7.35. The second-order valence-electron chi connectivity index (χ2n) is 5.10. The lowest BCUT2D eigenvalue weighted by Crippen LogP contribution is -2.47. The summed E-state index contributed by atoms with van der Waals surface area (Å²) in [4.78, 5) is 2.63. The van der Waals surface area contributed by atoms with Crippen LogP contribution in [0.3, 0.4) is 0 Å². The van der Waals surface area contributed by atoms with Crippen LogP contribution in [0.5, 0.6) is 0 Å². The van der Waals surface area contributed by atoms with Crippen LogP contribution in [-0.2, 0) is 4.74 Å². The van der Waals surface area contributed by atoms with Crippen molar-refractivity contribution >= 4 is 0 Å². The minimum Gasteiger partial charge on any atom is -0.383 e. The van der Waals surface area contributed by atoms with E-state index in [1.54, 1.807) is 0 Å². The molecule has 88 valence electrons. The lowest BCUT2D eigenvalue weighted by Gasteiger charge is -2.38. The van der Waals surface area contributed by atoms with Gasteiger partial charge < -0.3 is 10.5 Å². The fourth-order valence-corrected chi connectivity index (χ4v) is 2.78. The summed E-state index contributed by atoms with van der Waals surface area (Å²) in [6.45, 7) is 4.20. The van der Waals surface area contributed by atoms with Crippen LogP contribution in [0.1, 0.15) is 25.7 Å². The summed E-state index contributed by atoms with van der Waals surface area (Å²) in [5, 5.41) is 0. The van der Waals surface area contributed by atoms with Crippen molar-refractivity contribution in [3.05, 3.63) is 0 Å². The van der Waals surface area contributed by atoms with Crippen LogP contribution in [0.2, 0.25) is 0 Å². The van der Waals surface area contributed by atoms with E-state index in [1.807, 2.05) is 7.11 Å². The van der Waals surface area contributed by atoms with Gasteiger partial charge in [-0.05, 0) is 50.6 Å². The highest BCUT2D eigenvalue weighted by Gasteiger charge is 2.36. The molecule has 2 rings (SSSR count). The number of hydrogen-bond acceptors (Lipinski definition) is 3. The minimum absolute atomic E-state index is 0.671. The Balaban J connectivity index is 1.88. The number of methoxy groups -OCH3 is 1. The molecule has 0 aromatic carbocycles. The molecule has 2 atom stereocenters. The van der Waals surface area contributed by atoms with Gasteiger partial charge in [-0.2, -0.15) is 0 Å². The molecule has 1 aliphatic carbocycles. The summed E-state index contributed by atoms with van der Waals surface area (Å²) >= 11 is 0. The van der Waals surface area contributed by atoms with E-state index in [2.05, 4.69) is 4.90 Å². The number of ether oxygens (including phenoxy) is 1. The molecule has 0 radical (unpaired) electrons. The first kappa shape index (κ1) is 11.4. The SMILES string of the molecule is COCC(C1CC1)N1CCCC(CN)C1. The average molecular weight is 212 g/mol. The van der Waals surface area contributed by atoms with Crippen molar-refractivity contribution in [2.24, 2.45) is 17.6 Å². The van der Waals surface area contributed by atoms with Crippen molar-refractivity contribution in [3.63, 3.8) is 0 Å². The smallest absolute Gasteiger partial charge is 0.0620 e. The number of nitrogens with two attached hydrogens (primary N) is 1. The van der Waals surface area contributed by atoms with E-state index < -0.39 is 0 Å². The minimum atomic E-state index is 0.671. The van der Waals surface area contributed by atoms with Crippen LogP contribution in [0, 0.1) is 11.8 Å². The largest absolute Gasteiger partial charge is 0.383 e. The third-order valence-electron chi connectivity index (χ3n) is 3.86. The molecule has 0 aromatic heterocycles. The van der Waals surface area contributed by atoms with Crippen molar-refractivity contribution in [2.75, 3.05) is 33.4 Å². The molecule has 3 heteroatoms. The number of rotatable bonds is 5. The molecule has 2 aliphatic rings. The third-order valence-corrected chi connectivity index (χ3v) is 3.86. The molecule has 2 fully saturated rings. The van der Waals surface area contributed by atoms with E-state index >= 15 is 0 Å². The number of hydrogen-bond donors (Lipinski definition) is 1. The lowest BCUT2D eigenvalue weighted by atomic mass is 9.96. The Morgan fingerprint density at radius 1 is 1.40 bits per heavy atom. The van der Waals surface area contributed by atoms with E-state index in [9.17, 15) is 0 Å². The Bertz CT molecular complexity index is 194. The summed E-state index contributed by atoms with van der Waals surface area (Å²) < 4.78 is 5.35. The van der Waals surface area contributed by atoms with Gasteiger partial charge >= 0.3 is 0 Å². The highest BCUT2D eigenvalue weighted by Crippen LogP contribution is 2.36. The maximum absolute atomic E-state index is 5.77. The van der Waals surface area contributed by atoms with E-state index in [-0.39, 0.29) is 0 Å². The molecule has 1 heterocycles. The number of likely N-dealkylation sites (tertiary alicyclic amines) is 1. The second-order valence-corrected chi connectivity index (χ2v) is 5.10. The van der Waals surface area contributed by atoms with Crippen LogP contribution in [-0.4, -0.2) is 44.3 Å². The lowest BCUT2D eigenvalue weighted by molar-refractivity contribution is 0.0498. The van der Waals surface area contributed by atoms with Gasteiger partial charge in [0.15, 0.2) is 0 Å². The van der Waals surface area contributed by atoms with Crippen LogP contribution in [0.25, 0.3) is 0 Å². The summed E-state index contributed by atoms with van der Waals surface area (Å²) in [6.07, 6.45) is 5.43. The summed E-state index contributed by atoms with van der Waals surface area (Å²) in [7, 11) is 1.82. The zero-order valence-corrected chi connectivity index (χ0v) is 9.82. The predicted octanol–water partition coefficient (Wildman–Crippen LogP) is 1.08. The summed E-state index contributed by atoms with van der Waals surface area (Å²) in [6, 6.07) is 0.671. The van der Waals surface area contributed by atoms with Gasteiger partial charge in [0.1, 0.15) is 0 Å². The van der Waals surface area contributed by atoms with Crippen molar-refractivity contribution in [3.8, 4) is 0 Å². The predicted molar refractivity (Wildman–Crippen MR) is 61.7 cm³/mol. The third kappa shape index (κ3) is 2.92. The summed E-state index contributed by atoms with van der Waals surface area (Å²) in [5.74, 6) is 1.62. The maximum Gasteiger partial charge on any atom is 0.0620 e. The molecule has 0 bridgehead atoms. The van der Waals surface area contributed by atoms with Gasteiger partial charge in [-0.1, -0.05) is 0 Å². The van der Waals surface area contributed by atoms with Crippen molar-refractivity contribution in [2.45, 2.75) is 31.7 Å². The fraction of sp³-hybridized carbons (Fsp3) is 1.00. The standard InChI is InChI=1S/C12H24N2O/c1-15-9-12(11-4-5-11)14-6-2-3-10(7-13)8-14/h10-12H,2-9,13H2,1H3. The Kier molecular flexibility index (Phi) is 4.00. The molecule has 15 heavy (non-hydrogen) atoms. The van der Waals surface area contributed by atoms with E-state index in [0.717, 1.165) is 25.0 Å². The monoisotopic (exact) mass is 212 g/mol. The molecule has 3 nitrogen and oxygen atoms in total. The van der Waals surface area contributed by atoms with Gasteiger partial charge in [0.2, 0.25) is 0 Å². The number of piperidine rings is 1. The highest BCUT2D eigenvalue weighted by atomic mass is 16.5. The average Bonchev–Trinajstić information content (AvgIpc) is 3.10. The highest BCUT2D eigenvalue weighted by molar-refractivity contribution is 4.90. The molecule has 1 saturated heterocycles. The Labute approximate surface area is 93.0 Å². The van der Waals surface area contributed by atoms with Crippen molar-refractivity contribution < 1.29 is 4.74 Å². The normalized spacial score (nSPS) is 30.4. The van der Waals surface area contributed by atoms with Crippen LogP contribution in [0.4, 0.5) is 0 Å². The van der Waals surface area contributed by atoms with Gasteiger partial charge in [0.05, 0.1) is 6.61 Å². The first-order valence-corrected chi connectivity index (χ1v) is 6.28.